The maximum atomic E-state index is 11.5. The Morgan fingerprint density at radius 1 is 0.955 bits per heavy atom. The van der Waals surface area contributed by atoms with Crippen LogP contribution in [0.4, 0.5) is 0 Å². The molecule has 0 amide bonds. The molecule has 0 N–H and O–H groups in total. The first-order chi connectivity index (χ1) is 10.1. The molecule has 0 aromatic heterocycles. The van der Waals surface area contributed by atoms with Crippen molar-refractivity contribution in [3.8, 4) is 0 Å². The number of carboxylic acids is 1. The summed E-state index contributed by atoms with van der Waals surface area (Å²) < 4.78 is 0. The van der Waals surface area contributed by atoms with Crippen molar-refractivity contribution in [2.45, 2.75) is 77.0 Å². The van der Waals surface area contributed by atoms with Crippen LogP contribution in [-0.4, -0.2) is 5.97 Å². The summed E-state index contributed by atoms with van der Waals surface area (Å²) in [6.45, 7) is 4.02. The van der Waals surface area contributed by atoms with Crippen LogP contribution in [0.25, 0.3) is 0 Å². The second-order valence-corrected chi connectivity index (χ2v) is 6.21. The van der Waals surface area contributed by atoms with Crippen LogP contribution >= 0.6 is 0 Å². The molecule has 0 bridgehead atoms. The summed E-state index contributed by atoms with van der Waals surface area (Å²) in [6.07, 6.45) is 10.5. The monoisotopic (exact) mass is 296 g/mol. The van der Waals surface area contributed by atoms with Gasteiger partial charge in [0.1, 0.15) is 0 Å². The average Bonchev–Trinajstić information content (AvgIpc) is 2.50. The first kappa shape index (κ1) is 21.3. The molecule has 1 aromatic rings. The van der Waals surface area contributed by atoms with Gasteiger partial charge in [0.15, 0.2) is 0 Å². The Morgan fingerprint density at radius 2 is 1.45 bits per heavy atom. The molecule has 118 valence electrons. The molecule has 1 rings (SSSR count). The van der Waals surface area contributed by atoms with E-state index in [4.69, 9.17) is 0 Å². The number of carboxylic acid groups (broad SMARTS) is 1. The normalized spacial score (nSPS) is 13.2. The van der Waals surface area contributed by atoms with Gasteiger partial charge in [0.05, 0.1) is 5.97 Å². The Morgan fingerprint density at radius 3 is 1.95 bits per heavy atom. The van der Waals surface area contributed by atoms with Crippen molar-refractivity contribution in [3.05, 3.63) is 35.9 Å². The smallest absolute Gasteiger partial charge is 0.549 e. The molecule has 0 radical (unpaired) electrons. The van der Waals surface area contributed by atoms with Crippen molar-refractivity contribution in [2.24, 2.45) is 0 Å². The Bertz CT molecular complexity index is 405. The quantitative estimate of drug-likeness (QED) is 0.455. The summed E-state index contributed by atoms with van der Waals surface area (Å²) in [5, 5.41) is 11.5. The minimum atomic E-state index is -0.961. The minimum absolute atomic E-state index is 0. The van der Waals surface area contributed by atoms with Gasteiger partial charge in [0, 0.05) is 5.41 Å². The number of hydrogen-bond donors (Lipinski definition) is 0. The first-order valence-corrected chi connectivity index (χ1v) is 8.38. The summed E-state index contributed by atoms with van der Waals surface area (Å²) in [4.78, 5) is 11.5. The van der Waals surface area contributed by atoms with Crippen molar-refractivity contribution in [3.63, 3.8) is 0 Å². The molecule has 22 heavy (non-hydrogen) atoms. The van der Waals surface area contributed by atoms with Crippen molar-refractivity contribution in [1.29, 1.82) is 0 Å². The predicted molar refractivity (Wildman–Crippen MR) is 86.0 cm³/mol. The Labute approximate surface area is 147 Å². The van der Waals surface area contributed by atoms with Gasteiger partial charge in [-0.15, -0.1) is 0 Å². The number of hydrogen-bond acceptors (Lipinski definition) is 2. The molecular weight excluding hydrogens is 267 g/mol. The van der Waals surface area contributed by atoms with E-state index in [0.717, 1.165) is 18.4 Å². The van der Waals surface area contributed by atoms with Gasteiger partial charge in [-0.1, -0.05) is 95.5 Å². The maximum Gasteiger partial charge on any atom is 1.00 e. The SMILES string of the molecule is CCCCCCCCCCC(C)(C(=O)[O-])c1ccccc1.[Li+]. The Balaban J connectivity index is 0.00000441. The van der Waals surface area contributed by atoms with Crippen LogP contribution in [0.5, 0.6) is 0 Å². The number of aliphatic carboxylic acids is 1. The number of rotatable bonds is 11. The minimum Gasteiger partial charge on any atom is -0.549 e. The van der Waals surface area contributed by atoms with Crippen molar-refractivity contribution < 1.29 is 28.8 Å². The third-order valence-corrected chi connectivity index (χ3v) is 4.39. The summed E-state index contributed by atoms with van der Waals surface area (Å²) in [6, 6.07) is 9.48. The van der Waals surface area contributed by atoms with Gasteiger partial charge >= 0.3 is 18.9 Å². The van der Waals surface area contributed by atoms with Crippen LogP contribution in [0.1, 0.15) is 77.2 Å². The predicted octanol–water partition coefficient (Wildman–Crippen LogP) is 1.23. The molecule has 2 nitrogen and oxygen atoms in total. The van der Waals surface area contributed by atoms with Gasteiger partial charge in [-0.3, -0.25) is 0 Å². The molecule has 1 unspecified atom stereocenters. The van der Waals surface area contributed by atoms with Crippen LogP contribution in [0.3, 0.4) is 0 Å². The van der Waals surface area contributed by atoms with E-state index in [1.165, 1.54) is 38.5 Å². The molecule has 1 atom stereocenters. The third kappa shape index (κ3) is 7.03. The zero-order valence-electron chi connectivity index (χ0n) is 14.6. The molecule has 1 aromatic carbocycles. The number of benzene rings is 1. The molecule has 0 spiro atoms. The molecule has 0 fully saturated rings. The van der Waals surface area contributed by atoms with E-state index in [-0.39, 0.29) is 18.9 Å². The van der Waals surface area contributed by atoms with Gasteiger partial charge in [-0.25, -0.2) is 0 Å². The fourth-order valence-corrected chi connectivity index (χ4v) is 2.78. The average molecular weight is 296 g/mol. The van der Waals surface area contributed by atoms with Crippen molar-refractivity contribution in [1.82, 2.24) is 0 Å². The second-order valence-electron chi connectivity index (χ2n) is 6.21. The van der Waals surface area contributed by atoms with E-state index >= 15 is 0 Å². The van der Waals surface area contributed by atoms with Crippen LogP contribution in [0, 0.1) is 0 Å². The van der Waals surface area contributed by atoms with Crippen LogP contribution in [0.15, 0.2) is 30.3 Å². The first-order valence-electron chi connectivity index (χ1n) is 8.38. The molecule has 0 aliphatic heterocycles. The number of carbonyl (C=O) groups excluding carboxylic acids is 1. The largest absolute Gasteiger partial charge is 1.00 e. The van der Waals surface area contributed by atoms with Gasteiger partial charge in [-0.05, 0) is 12.0 Å². The van der Waals surface area contributed by atoms with E-state index in [0.29, 0.717) is 6.42 Å². The zero-order chi connectivity index (χ0) is 15.6. The standard InChI is InChI=1S/C19H30O2.Li/c1-3-4-5-6-7-8-9-13-16-19(2,18(20)21)17-14-11-10-12-15-17;/h10-12,14-15H,3-9,13,16H2,1-2H3,(H,20,21);/q;+1/p-1. The zero-order valence-corrected chi connectivity index (χ0v) is 14.6. The van der Waals surface area contributed by atoms with Crippen molar-refractivity contribution in [2.75, 3.05) is 0 Å². The van der Waals surface area contributed by atoms with Gasteiger partial charge in [-0.2, -0.15) is 0 Å². The summed E-state index contributed by atoms with van der Waals surface area (Å²) in [5.74, 6) is -0.961. The fourth-order valence-electron chi connectivity index (χ4n) is 2.78. The molecule has 3 heteroatoms. The third-order valence-electron chi connectivity index (χ3n) is 4.39. The molecule has 0 saturated heterocycles. The molecule has 0 aliphatic rings. The van der Waals surface area contributed by atoms with Crippen molar-refractivity contribution >= 4 is 5.97 Å². The van der Waals surface area contributed by atoms with E-state index in [1.54, 1.807) is 6.92 Å². The van der Waals surface area contributed by atoms with Gasteiger partial charge in [0.2, 0.25) is 0 Å². The van der Waals surface area contributed by atoms with Crippen LogP contribution in [-0.2, 0) is 10.2 Å². The second kappa shape index (κ2) is 11.8. The van der Waals surface area contributed by atoms with E-state index in [2.05, 4.69) is 6.92 Å². The van der Waals surface area contributed by atoms with Crippen LogP contribution in [0.2, 0.25) is 0 Å². The Hall–Kier alpha value is -0.713. The number of unbranched alkanes of at least 4 members (excludes halogenated alkanes) is 7. The Kier molecular flexibility index (Phi) is 11.4. The fraction of sp³-hybridized carbons (Fsp3) is 0.632. The van der Waals surface area contributed by atoms with Gasteiger partial charge in [0.25, 0.3) is 0 Å². The molecular formula is C19H29LiO2. The molecule has 0 heterocycles. The number of carbonyl (C=O) groups is 1. The molecule has 0 saturated carbocycles. The van der Waals surface area contributed by atoms with E-state index < -0.39 is 11.4 Å². The topological polar surface area (TPSA) is 40.1 Å². The van der Waals surface area contributed by atoms with E-state index in [1.807, 2.05) is 30.3 Å². The summed E-state index contributed by atoms with van der Waals surface area (Å²) in [7, 11) is 0. The molecule has 0 aliphatic carbocycles. The van der Waals surface area contributed by atoms with E-state index in [9.17, 15) is 9.90 Å². The van der Waals surface area contributed by atoms with Crippen LogP contribution < -0.4 is 24.0 Å². The summed E-state index contributed by atoms with van der Waals surface area (Å²) >= 11 is 0. The summed E-state index contributed by atoms with van der Waals surface area (Å²) in [5.41, 5.74) is -0.00309. The maximum absolute atomic E-state index is 11.5. The van der Waals surface area contributed by atoms with Gasteiger partial charge < -0.3 is 9.90 Å².